The molecule has 88 valence electrons. The van der Waals surface area contributed by atoms with Crippen molar-refractivity contribution in [3.8, 4) is 11.3 Å². The van der Waals surface area contributed by atoms with Gasteiger partial charge in [-0.3, -0.25) is 4.98 Å². The molecule has 0 spiro atoms. The molecule has 5 heteroatoms. The van der Waals surface area contributed by atoms with Gasteiger partial charge in [0, 0.05) is 23.9 Å². The van der Waals surface area contributed by atoms with Crippen molar-refractivity contribution in [2.45, 2.75) is 6.54 Å². The van der Waals surface area contributed by atoms with Crippen LogP contribution in [0.5, 0.6) is 0 Å². The molecule has 0 bridgehead atoms. The smallest absolute Gasteiger partial charge is 0.168 e. The maximum Gasteiger partial charge on any atom is 0.168 e. The molecule has 0 aliphatic rings. The molecule has 0 unspecified atom stereocenters. The van der Waals surface area contributed by atoms with Crippen molar-refractivity contribution in [3.63, 3.8) is 0 Å². The standard InChI is InChI=1S/C12H9F3N2/c13-9-5-7(10-3-1-2-4-17-10)11(14)12(15)8(9)6-16/h1-5H,6,16H2. The van der Waals surface area contributed by atoms with Gasteiger partial charge in [-0.1, -0.05) is 6.07 Å². The van der Waals surface area contributed by atoms with Crippen LogP contribution in [0.25, 0.3) is 11.3 Å². The molecule has 0 aliphatic heterocycles. The zero-order valence-electron chi connectivity index (χ0n) is 8.75. The van der Waals surface area contributed by atoms with Gasteiger partial charge >= 0.3 is 0 Å². The number of aromatic nitrogens is 1. The first-order valence-electron chi connectivity index (χ1n) is 4.93. The second-order valence-corrected chi connectivity index (χ2v) is 3.43. The van der Waals surface area contributed by atoms with E-state index in [0.29, 0.717) is 0 Å². The quantitative estimate of drug-likeness (QED) is 0.817. The Kier molecular flexibility index (Phi) is 3.10. The molecular weight excluding hydrogens is 229 g/mol. The highest BCUT2D eigenvalue weighted by molar-refractivity contribution is 5.60. The molecule has 2 nitrogen and oxygen atoms in total. The highest BCUT2D eigenvalue weighted by Gasteiger charge is 2.19. The van der Waals surface area contributed by atoms with Gasteiger partial charge in [0.2, 0.25) is 0 Å². The van der Waals surface area contributed by atoms with E-state index >= 15 is 0 Å². The fraction of sp³-hybridized carbons (Fsp3) is 0.0833. The maximum atomic E-state index is 13.7. The van der Waals surface area contributed by atoms with E-state index in [2.05, 4.69) is 4.98 Å². The third kappa shape index (κ3) is 2.01. The van der Waals surface area contributed by atoms with Gasteiger partial charge in [0.05, 0.1) is 5.69 Å². The van der Waals surface area contributed by atoms with Gasteiger partial charge in [0.1, 0.15) is 5.82 Å². The Balaban J connectivity index is 2.65. The Labute approximate surface area is 95.9 Å². The number of hydrogen-bond acceptors (Lipinski definition) is 2. The summed E-state index contributed by atoms with van der Waals surface area (Å²) in [6.07, 6.45) is 1.42. The lowest BCUT2D eigenvalue weighted by Gasteiger charge is -2.08. The van der Waals surface area contributed by atoms with Crippen LogP contribution in [-0.4, -0.2) is 4.98 Å². The molecule has 0 fully saturated rings. The lowest BCUT2D eigenvalue weighted by atomic mass is 10.1. The molecule has 2 rings (SSSR count). The van der Waals surface area contributed by atoms with E-state index in [9.17, 15) is 13.2 Å². The van der Waals surface area contributed by atoms with Crippen molar-refractivity contribution in [2.75, 3.05) is 0 Å². The van der Waals surface area contributed by atoms with Gasteiger partial charge in [-0.05, 0) is 18.2 Å². The van der Waals surface area contributed by atoms with Crippen molar-refractivity contribution < 1.29 is 13.2 Å². The molecule has 0 aliphatic carbocycles. The fourth-order valence-corrected chi connectivity index (χ4v) is 1.53. The predicted octanol–water partition coefficient (Wildman–Crippen LogP) is 2.62. The first-order chi connectivity index (χ1) is 8.15. The SMILES string of the molecule is NCc1c(F)cc(-c2ccccn2)c(F)c1F. The van der Waals surface area contributed by atoms with E-state index < -0.39 is 29.6 Å². The van der Waals surface area contributed by atoms with Gasteiger partial charge in [-0.25, -0.2) is 13.2 Å². The first kappa shape index (κ1) is 11.6. The van der Waals surface area contributed by atoms with E-state index in [1.165, 1.54) is 12.3 Å². The maximum absolute atomic E-state index is 13.7. The van der Waals surface area contributed by atoms with Crippen LogP contribution in [-0.2, 0) is 6.54 Å². The molecule has 0 amide bonds. The van der Waals surface area contributed by atoms with Crippen LogP contribution in [0, 0.1) is 17.5 Å². The monoisotopic (exact) mass is 238 g/mol. The van der Waals surface area contributed by atoms with Crippen LogP contribution >= 0.6 is 0 Å². The Morgan fingerprint density at radius 2 is 1.88 bits per heavy atom. The lowest BCUT2D eigenvalue weighted by Crippen LogP contribution is -2.07. The molecule has 0 saturated heterocycles. The molecule has 2 aromatic rings. The second-order valence-electron chi connectivity index (χ2n) is 3.43. The van der Waals surface area contributed by atoms with Gasteiger partial charge in [-0.2, -0.15) is 0 Å². The first-order valence-corrected chi connectivity index (χ1v) is 4.93. The Morgan fingerprint density at radius 3 is 2.47 bits per heavy atom. The van der Waals surface area contributed by atoms with Crippen LogP contribution < -0.4 is 5.73 Å². The molecule has 17 heavy (non-hydrogen) atoms. The van der Waals surface area contributed by atoms with Gasteiger partial charge in [-0.15, -0.1) is 0 Å². The summed E-state index contributed by atoms with van der Waals surface area (Å²) in [5.74, 6) is -3.26. The molecule has 0 saturated carbocycles. The zero-order valence-corrected chi connectivity index (χ0v) is 8.75. The second kappa shape index (κ2) is 4.55. The predicted molar refractivity (Wildman–Crippen MR) is 57.4 cm³/mol. The summed E-state index contributed by atoms with van der Waals surface area (Å²) >= 11 is 0. The fourth-order valence-electron chi connectivity index (χ4n) is 1.53. The molecule has 1 heterocycles. The Morgan fingerprint density at radius 1 is 1.12 bits per heavy atom. The van der Waals surface area contributed by atoms with Crippen LogP contribution in [0.3, 0.4) is 0 Å². The summed E-state index contributed by atoms with van der Waals surface area (Å²) in [6, 6.07) is 5.61. The molecule has 0 atom stereocenters. The largest absolute Gasteiger partial charge is 0.326 e. The summed E-state index contributed by atoms with van der Waals surface area (Å²) in [7, 11) is 0. The number of benzene rings is 1. The number of rotatable bonds is 2. The van der Waals surface area contributed by atoms with Crippen molar-refractivity contribution >= 4 is 0 Å². The van der Waals surface area contributed by atoms with E-state index in [0.717, 1.165) is 6.07 Å². The summed E-state index contributed by atoms with van der Waals surface area (Å²) in [5, 5.41) is 0. The van der Waals surface area contributed by atoms with E-state index in [-0.39, 0.29) is 11.3 Å². The van der Waals surface area contributed by atoms with Crippen LogP contribution in [0.15, 0.2) is 30.5 Å². The molecule has 2 N–H and O–H groups in total. The number of halogens is 3. The average molecular weight is 238 g/mol. The molecular formula is C12H9F3N2. The van der Waals surface area contributed by atoms with E-state index in [1.54, 1.807) is 12.1 Å². The van der Waals surface area contributed by atoms with Crippen molar-refractivity contribution in [2.24, 2.45) is 5.73 Å². The summed E-state index contributed by atoms with van der Waals surface area (Å²) in [6.45, 7) is -0.392. The van der Waals surface area contributed by atoms with Gasteiger partial charge in [0.15, 0.2) is 11.6 Å². The Hall–Kier alpha value is -1.88. The minimum atomic E-state index is -1.26. The van der Waals surface area contributed by atoms with Crippen LogP contribution in [0.4, 0.5) is 13.2 Å². The minimum absolute atomic E-state index is 0.173. The number of nitrogens with zero attached hydrogens (tertiary/aromatic N) is 1. The van der Waals surface area contributed by atoms with Crippen molar-refractivity contribution in [1.29, 1.82) is 0 Å². The third-order valence-electron chi connectivity index (χ3n) is 2.40. The topological polar surface area (TPSA) is 38.9 Å². The zero-order chi connectivity index (χ0) is 12.4. The highest BCUT2D eigenvalue weighted by Crippen LogP contribution is 2.26. The van der Waals surface area contributed by atoms with E-state index in [4.69, 9.17) is 5.73 Å². The van der Waals surface area contributed by atoms with Crippen LogP contribution in [0.2, 0.25) is 0 Å². The lowest BCUT2D eigenvalue weighted by molar-refractivity contribution is 0.482. The van der Waals surface area contributed by atoms with Crippen LogP contribution in [0.1, 0.15) is 5.56 Å². The number of hydrogen-bond donors (Lipinski definition) is 1. The molecule has 1 aromatic heterocycles. The Bertz CT molecular complexity index is 541. The number of nitrogens with two attached hydrogens (primary N) is 1. The van der Waals surface area contributed by atoms with E-state index in [1.807, 2.05) is 0 Å². The molecule has 0 radical (unpaired) electrons. The summed E-state index contributed by atoms with van der Waals surface area (Å²) < 4.78 is 40.6. The minimum Gasteiger partial charge on any atom is -0.326 e. The average Bonchev–Trinajstić information content (AvgIpc) is 2.35. The molecule has 1 aromatic carbocycles. The summed E-state index contributed by atoms with van der Waals surface area (Å²) in [5.41, 5.74) is 4.65. The normalized spacial score (nSPS) is 10.6. The van der Waals surface area contributed by atoms with Crippen molar-refractivity contribution in [3.05, 3.63) is 53.5 Å². The number of pyridine rings is 1. The van der Waals surface area contributed by atoms with Crippen molar-refractivity contribution in [1.82, 2.24) is 4.98 Å². The summed E-state index contributed by atoms with van der Waals surface area (Å²) in [4.78, 5) is 3.84. The third-order valence-corrected chi connectivity index (χ3v) is 2.40. The van der Waals surface area contributed by atoms with Gasteiger partial charge in [0.25, 0.3) is 0 Å². The van der Waals surface area contributed by atoms with Gasteiger partial charge < -0.3 is 5.73 Å². The highest BCUT2D eigenvalue weighted by atomic mass is 19.2.